The minimum atomic E-state index is -1.04. The predicted molar refractivity (Wildman–Crippen MR) is 70.3 cm³/mol. The van der Waals surface area contributed by atoms with Gasteiger partial charge in [-0.2, -0.15) is 4.98 Å². The standard InChI is InChI=1S/C13H10N4O3/c18-13(19)9-5-14-10-4-2-1-3-8(10)12(9)15-6-11-16-7-20-17-11/h1-5,7H,6H2,(H,14,15)(H,18,19). The molecule has 0 amide bonds. The van der Waals surface area contributed by atoms with Crippen molar-refractivity contribution in [3.63, 3.8) is 0 Å². The summed E-state index contributed by atoms with van der Waals surface area (Å²) in [4.78, 5) is 19.3. The number of carboxylic acid groups (broad SMARTS) is 1. The molecule has 7 nitrogen and oxygen atoms in total. The van der Waals surface area contributed by atoms with E-state index >= 15 is 0 Å². The van der Waals surface area contributed by atoms with Crippen molar-refractivity contribution in [1.29, 1.82) is 0 Å². The zero-order valence-corrected chi connectivity index (χ0v) is 10.3. The molecular formula is C13H10N4O3. The lowest BCUT2D eigenvalue weighted by molar-refractivity contribution is 0.0697. The molecule has 0 atom stereocenters. The van der Waals surface area contributed by atoms with Gasteiger partial charge in [-0.15, -0.1) is 0 Å². The predicted octanol–water partition coefficient (Wildman–Crippen LogP) is 1.93. The molecule has 0 radical (unpaired) electrons. The van der Waals surface area contributed by atoms with E-state index in [0.29, 0.717) is 17.0 Å². The molecule has 0 saturated carbocycles. The number of rotatable bonds is 4. The van der Waals surface area contributed by atoms with Crippen LogP contribution in [0.2, 0.25) is 0 Å². The largest absolute Gasteiger partial charge is 0.478 e. The van der Waals surface area contributed by atoms with Crippen LogP contribution in [0.5, 0.6) is 0 Å². The van der Waals surface area contributed by atoms with E-state index in [2.05, 4.69) is 25.0 Å². The summed E-state index contributed by atoms with van der Waals surface area (Å²) in [6, 6.07) is 7.31. The molecule has 100 valence electrons. The number of nitrogens with zero attached hydrogens (tertiary/aromatic N) is 3. The van der Waals surface area contributed by atoms with Crippen LogP contribution in [-0.4, -0.2) is 26.2 Å². The van der Waals surface area contributed by atoms with E-state index in [-0.39, 0.29) is 12.1 Å². The van der Waals surface area contributed by atoms with Crippen molar-refractivity contribution in [3.8, 4) is 0 Å². The van der Waals surface area contributed by atoms with Crippen molar-refractivity contribution in [1.82, 2.24) is 15.1 Å². The molecule has 2 heterocycles. The normalized spacial score (nSPS) is 10.6. The van der Waals surface area contributed by atoms with Gasteiger partial charge in [-0.25, -0.2) is 4.79 Å². The molecule has 0 aliphatic heterocycles. The van der Waals surface area contributed by atoms with E-state index in [1.165, 1.54) is 12.6 Å². The highest BCUT2D eigenvalue weighted by Gasteiger charge is 2.14. The summed E-state index contributed by atoms with van der Waals surface area (Å²) in [7, 11) is 0. The topological polar surface area (TPSA) is 101 Å². The summed E-state index contributed by atoms with van der Waals surface area (Å²) >= 11 is 0. The summed E-state index contributed by atoms with van der Waals surface area (Å²) in [5.41, 5.74) is 1.31. The van der Waals surface area contributed by atoms with Gasteiger partial charge in [0.05, 0.1) is 17.7 Å². The molecule has 0 bridgehead atoms. The number of carbonyl (C=O) groups is 1. The lowest BCUT2D eigenvalue weighted by atomic mass is 10.1. The second-order valence-electron chi connectivity index (χ2n) is 4.07. The first kappa shape index (κ1) is 12.1. The first-order valence-electron chi connectivity index (χ1n) is 5.86. The number of para-hydroxylation sites is 1. The highest BCUT2D eigenvalue weighted by Crippen LogP contribution is 2.26. The van der Waals surface area contributed by atoms with E-state index in [0.717, 1.165) is 5.39 Å². The molecule has 3 rings (SSSR count). The molecule has 0 unspecified atom stereocenters. The highest BCUT2D eigenvalue weighted by atomic mass is 16.5. The minimum Gasteiger partial charge on any atom is -0.478 e. The fourth-order valence-electron chi connectivity index (χ4n) is 1.93. The Bertz CT molecular complexity index is 755. The number of benzene rings is 1. The van der Waals surface area contributed by atoms with Gasteiger partial charge in [0, 0.05) is 11.6 Å². The first-order chi connectivity index (χ1) is 9.75. The van der Waals surface area contributed by atoms with Crippen molar-refractivity contribution in [3.05, 3.63) is 48.2 Å². The molecule has 0 saturated heterocycles. The first-order valence-corrected chi connectivity index (χ1v) is 5.86. The Labute approximate surface area is 113 Å². The smallest absolute Gasteiger partial charge is 0.339 e. The van der Waals surface area contributed by atoms with Crippen LogP contribution in [-0.2, 0) is 6.54 Å². The van der Waals surface area contributed by atoms with Gasteiger partial charge in [-0.1, -0.05) is 23.4 Å². The Balaban J connectivity index is 2.05. The quantitative estimate of drug-likeness (QED) is 0.746. The van der Waals surface area contributed by atoms with Gasteiger partial charge in [-0.05, 0) is 6.07 Å². The number of aromatic carboxylic acids is 1. The van der Waals surface area contributed by atoms with Gasteiger partial charge in [0.15, 0.2) is 5.82 Å². The Morgan fingerprint density at radius 3 is 2.90 bits per heavy atom. The van der Waals surface area contributed by atoms with Crippen LogP contribution in [0.3, 0.4) is 0 Å². The molecule has 3 aromatic rings. The van der Waals surface area contributed by atoms with Gasteiger partial charge in [0.2, 0.25) is 6.39 Å². The maximum Gasteiger partial charge on any atom is 0.339 e. The number of hydrogen-bond donors (Lipinski definition) is 2. The molecule has 0 fully saturated rings. The lowest BCUT2D eigenvalue weighted by Gasteiger charge is -2.11. The Hall–Kier alpha value is -2.96. The number of fused-ring (bicyclic) bond motifs is 1. The SMILES string of the molecule is O=C(O)c1cnc2ccccc2c1NCc1ncon1. The number of aromatic nitrogens is 3. The molecule has 2 aromatic heterocycles. The molecule has 20 heavy (non-hydrogen) atoms. The van der Waals surface area contributed by atoms with Crippen LogP contribution >= 0.6 is 0 Å². The zero-order valence-electron chi connectivity index (χ0n) is 10.3. The zero-order chi connectivity index (χ0) is 13.9. The molecular weight excluding hydrogens is 260 g/mol. The number of carboxylic acids is 1. The summed E-state index contributed by atoms with van der Waals surface area (Å²) in [5, 5.41) is 16.7. The van der Waals surface area contributed by atoms with Crippen LogP contribution in [0.15, 0.2) is 41.4 Å². The third kappa shape index (κ3) is 2.16. The fourth-order valence-corrected chi connectivity index (χ4v) is 1.93. The van der Waals surface area contributed by atoms with Gasteiger partial charge in [0.25, 0.3) is 0 Å². The number of pyridine rings is 1. The molecule has 0 spiro atoms. The average molecular weight is 270 g/mol. The maximum atomic E-state index is 11.3. The Morgan fingerprint density at radius 1 is 1.30 bits per heavy atom. The summed E-state index contributed by atoms with van der Waals surface area (Å²) in [6.45, 7) is 0.269. The van der Waals surface area contributed by atoms with Crippen molar-refractivity contribution >= 4 is 22.6 Å². The summed E-state index contributed by atoms with van der Waals surface area (Å²) in [5.74, 6) is -0.596. The number of hydrogen-bond acceptors (Lipinski definition) is 6. The second-order valence-corrected chi connectivity index (χ2v) is 4.07. The number of nitrogens with one attached hydrogen (secondary N) is 1. The highest BCUT2D eigenvalue weighted by molar-refractivity contribution is 6.04. The van der Waals surface area contributed by atoms with E-state index in [9.17, 15) is 9.90 Å². The second kappa shape index (κ2) is 4.96. The minimum absolute atomic E-state index is 0.104. The lowest BCUT2D eigenvalue weighted by Crippen LogP contribution is -2.08. The van der Waals surface area contributed by atoms with Gasteiger partial charge < -0.3 is 14.9 Å². The third-order valence-corrected chi connectivity index (χ3v) is 2.84. The van der Waals surface area contributed by atoms with Crippen molar-refractivity contribution in [2.45, 2.75) is 6.54 Å². The monoisotopic (exact) mass is 270 g/mol. The van der Waals surface area contributed by atoms with Crippen molar-refractivity contribution < 1.29 is 14.4 Å². The molecule has 0 aliphatic rings. The van der Waals surface area contributed by atoms with E-state index in [1.807, 2.05) is 24.3 Å². The maximum absolute atomic E-state index is 11.3. The molecule has 2 N–H and O–H groups in total. The number of anilines is 1. The third-order valence-electron chi connectivity index (χ3n) is 2.84. The molecule has 1 aromatic carbocycles. The Kier molecular flexibility index (Phi) is 3.00. The summed E-state index contributed by atoms with van der Waals surface area (Å²) in [6.07, 6.45) is 2.56. The van der Waals surface area contributed by atoms with Gasteiger partial charge in [-0.3, -0.25) is 4.98 Å². The van der Waals surface area contributed by atoms with E-state index in [1.54, 1.807) is 0 Å². The van der Waals surface area contributed by atoms with Gasteiger partial charge >= 0.3 is 5.97 Å². The summed E-state index contributed by atoms with van der Waals surface area (Å²) < 4.78 is 4.64. The molecule has 0 aliphatic carbocycles. The van der Waals surface area contributed by atoms with Crippen LogP contribution in [0.25, 0.3) is 10.9 Å². The average Bonchev–Trinajstić information content (AvgIpc) is 2.97. The fraction of sp³-hybridized carbons (Fsp3) is 0.0769. The Morgan fingerprint density at radius 2 is 2.15 bits per heavy atom. The van der Waals surface area contributed by atoms with E-state index in [4.69, 9.17) is 0 Å². The van der Waals surface area contributed by atoms with Crippen LogP contribution in [0.1, 0.15) is 16.2 Å². The van der Waals surface area contributed by atoms with Crippen molar-refractivity contribution in [2.24, 2.45) is 0 Å². The van der Waals surface area contributed by atoms with E-state index < -0.39 is 5.97 Å². The van der Waals surface area contributed by atoms with Gasteiger partial charge in [0.1, 0.15) is 5.56 Å². The molecule has 7 heteroatoms. The van der Waals surface area contributed by atoms with Crippen LogP contribution in [0, 0.1) is 0 Å². The van der Waals surface area contributed by atoms with Crippen LogP contribution in [0.4, 0.5) is 5.69 Å². The van der Waals surface area contributed by atoms with Crippen molar-refractivity contribution in [2.75, 3.05) is 5.32 Å². The van der Waals surface area contributed by atoms with Crippen LogP contribution < -0.4 is 5.32 Å².